The maximum atomic E-state index is 12.5. The number of nitrogens with two attached hydrogens (primary N) is 1. The molecule has 0 bridgehead atoms. The highest BCUT2D eigenvalue weighted by atomic mass is 127. The summed E-state index contributed by atoms with van der Waals surface area (Å²) in [6.45, 7) is -0.219. The lowest BCUT2D eigenvalue weighted by molar-refractivity contribution is -0.120. The molecule has 1 heterocycles. The van der Waals surface area contributed by atoms with E-state index >= 15 is 0 Å². The maximum absolute atomic E-state index is 12.5. The normalized spacial score (nSPS) is 15.3. The molecular weight excluding hydrogens is 449 g/mol. The molecule has 3 N–H and O–H groups in total. The first-order chi connectivity index (χ1) is 12.5. The predicted molar refractivity (Wildman–Crippen MR) is 104 cm³/mol. The smallest absolute Gasteiger partial charge is 0.282 e. The fourth-order valence-electron chi connectivity index (χ4n) is 2.36. The summed E-state index contributed by atoms with van der Waals surface area (Å²) in [6.07, 6.45) is 1.51. The number of hydrogen-bond donors (Lipinski definition) is 2. The topological polar surface area (TPSA) is 102 Å². The first-order valence-electron chi connectivity index (χ1n) is 7.58. The van der Waals surface area contributed by atoms with Gasteiger partial charge in [-0.1, -0.05) is 24.3 Å². The van der Waals surface area contributed by atoms with Crippen LogP contribution in [0.5, 0.6) is 5.75 Å². The molecule has 0 radical (unpaired) electrons. The third-order valence-corrected chi connectivity index (χ3v) is 4.39. The van der Waals surface area contributed by atoms with Gasteiger partial charge in [0.2, 0.25) is 0 Å². The molecule has 0 aromatic heterocycles. The summed E-state index contributed by atoms with van der Waals surface area (Å²) in [5, 5.41) is 1.21. The zero-order valence-electron chi connectivity index (χ0n) is 13.4. The van der Waals surface area contributed by atoms with E-state index in [1.807, 2.05) is 28.7 Å². The number of carbonyl (C=O) groups excluding carboxylic acids is 3. The molecule has 7 nitrogen and oxygen atoms in total. The number of nitrogens with one attached hydrogen (secondary N) is 1. The standard InChI is InChI=1S/C18H14IN3O4/c19-14-9-11(6-7-15(14)26-10-16(20)23)8-13-17(24)21-22(18(13)25)12-4-2-1-3-5-12/h1-9H,10H2,(H2,20,23)(H,21,24)/b13-8-. The van der Waals surface area contributed by atoms with E-state index < -0.39 is 17.7 Å². The molecule has 1 fully saturated rings. The van der Waals surface area contributed by atoms with Crippen molar-refractivity contribution in [3.63, 3.8) is 0 Å². The van der Waals surface area contributed by atoms with Crippen LogP contribution >= 0.6 is 22.6 Å². The molecule has 0 atom stereocenters. The van der Waals surface area contributed by atoms with Crippen molar-refractivity contribution in [3.05, 3.63) is 63.2 Å². The number of primary amides is 1. The average Bonchev–Trinajstić information content (AvgIpc) is 2.90. The number of amides is 3. The van der Waals surface area contributed by atoms with Crippen LogP contribution in [0.4, 0.5) is 5.69 Å². The number of benzene rings is 2. The van der Waals surface area contributed by atoms with Gasteiger partial charge < -0.3 is 10.5 Å². The van der Waals surface area contributed by atoms with Crippen LogP contribution in [-0.4, -0.2) is 24.3 Å². The summed E-state index contributed by atoms with van der Waals surface area (Å²) in [4.78, 5) is 35.5. The van der Waals surface area contributed by atoms with E-state index in [-0.39, 0.29) is 12.2 Å². The summed E-state index contributed by atoms with van der Waals surface area (Å²) < 4.78 is 6.01. The van der Waals surface area contributed by atoms with Gasteiger partial charge in [0.05, 0.1) is 9.26 Å². The quantitative estimate of drug-likeness (QED) is 0.400. The molecule has 8 heteroatoms. The Balaban J connectivity index is 1.83. The van der Waals surface area contributed by atoms with Gasteiger partial charge in [-0.15, -0.1) is 0 Å². The Morgan fingerprint density at radius 1 is 1.19 bits per heavy atom. The van der Waals surface area contributed by atoms with Crippen LogP contribution in [0.2, 0.25) is 0 Å². The zero-order chi connectivity index (χ0) is 18.7. The third-order valence-electron chi connectivity index (χ3n) is 3.54. The molecule has 2 aromatic carbocycles. The summed E-state index contributed by atoms with van der Waals surface area (Å²) in [6, 6.07) is 13.9. The molecule has 3 amide bonds. The maximum Gasteiger partial charge on any atom is 0.282 e. The van der Waals surface area contributed by atoms with E-state index in [0.29, 0.717) is 17.0 Å². The molecule has 0 spiro atoms. The Morgan fingerprint density at radius 2 is 1.92 bits per heavy atom. The van der Waals surface area contributed by atoms with E-state index in [2.05, 4.69) is 5.43 Å². The van der Waals surface area contributed by atoms with E-state index in [9.17, 15) is 14.4 Å². The molecular formula is C18H14IN3O4. The number of ether oxygens (including phenoxy) is 1. The molecule has 132 valence electrons. The largest absolute Gasteiger partial charge is 0.483 e. The highest BCUT2D eigenvalue weighted by molar-refractivity contribution is 14.1. The van der Waals surface area contributed by atoms with Crippen molar-refractivity contribution < 1.29 is 19.1 Å². The van der Waals surface area contributed by atoms with Crippen LogP contribution in [0.1, 0.15) is 5.56 Å². The van der Waals surface area contributed by atoms with E-state index in [0.717, 1.165) is 3.57 Å². The number of carbonyl (C=O) groups is 3. The Kier molecular flexibility index (Phi) is 5.21. The van der Waals surface area contributed by atoms with Gasteiger partial charge in [0.1, 0.15) is 11.3 Å². The van der Waals surface area contributed by atoms with Gasteiger partial charge in [-0.2, -0.15) is 0 Å². The van der Waals surface area contributed by atoms with E-state index in [1.54, 1.807) is 42.5 Å². The minimum Gasteiger partial charge on any atom is -0.483 e. The second-order valence-electron chi connectivity index (χ2n) is 5.42. The van der Waals surface area contributed by atoms with Gasteiger partial charge in [-0.3, -0.25) is 19.8 Å². The second kappa shape index (κ2) is 7.56. The van der Waals surface area contributed by atoms with Crippen LogP contribution in [-0.2, 0) is 14.4 Å². The number of rotatable bonds is 5. The van der Waals surface area contributed by atoms with Gasteiger partial charge in [-0.25, -0.2) is 5.01 Å². The summed E-state index contributed by atoms with van der Waals surface area (Å²) in [5.74, 6) is -0.964. The second-order valence-corrected chi connectivity index (χ2v) is 6.58. The zero-order valence-corrected chi connectivity index (χ0v) is 15.6. The highest BCUT2D eigenvalue weighted by Gasteiger charge is 2.34. The van der Waals surface area contributed by atoms with Gasteiger partial charge in [0.25, 0.3) is 17.7 Å². The van der Waals surface area contributed by atoms with E-state index in [1.165, 1.54) is 11.1 Å². The molecule has 26 heavy (non-hydrogen) atoms. The molecule has 0 unspecified atom stereocenters. The summed E-state index contributed by atoms with van der Waals surface area (Å²) in [7, 11) is 0. The van der Waals surface area contributed by atoms with Crippen LogP contribution in [0, 0.1) is 3.57 Å². The molecule has 0 saturated carbocycles. The molecule has 1 aliphatic rings. The number of anilines is 1. The first-order valence-corrected chi connectivity index (χ1v) is 8.66. The molecule has 1 aliphatic heterocycles. The monoisotopic (exact) mass is 463 g/mol. The van der Waals surface area contributed by atoms with Crippen LogP contribution < -0.4 is 20.9 Å². The summed E-state index contributed by atoms with van der Waals surface area (Å²) in [5.41, 5.74) is 8.89. The van der Waals surface area contributed by atoms with Crippen molar-refractivity contribution in [2.75, 3.05) is 11.6 Å². The molecule has 2 aromatic rings. The van der Waals surface area contributed by atoms with Gasteiger partial charge in [0.15, 0.2) is 6.61 Å². The van der Waals surface area contributed by atoms with Crippen LogP contribution in [0.25, 0.3) is 6.08 Å². The molecule has 0 aliphatic carbocycles. The van der Waals surface area contributed by atoms with Gasteiger partial charge in [-0.05, 0) is 58.5 Å². The third kappa shape index (κ3) is 3.85. The predicted octanol–water partition coefficient (Wildman–Crippen LogP) is 1.62. The Labute approximate surface area is 162 Å². The van der Waals surface area contributed by atoms with Crippen molar-refractivity contribution >= 4 is 52.1 Å². The van der Waals surface area contributed by atoms with Crippen LogP contribution in [0.15, 0.2) is 54.1 Å². The number of para-hydroxylation sites is 1. The van der Waals surface area contributed by atoms with Gasteiger partial charge >= 0.3 is 0 Å². The lowest BCUT2D eigenvalue weighted by atomic mass is 10.1. The SMILES string of the molecule is NC(=O)COc1ccc(/C=C2/C(=O)NN(c3ccccc3)C2=O)cc1I. The minimum atomic E-state index is -0.568. The van der Waals surface area contributed by atoms with Crippen molar-refractivity contribution in [2.24, 2.45) is 5.73 Å². The lowest BCUT2D eigenvalue weighted by Crippen LogP contribution is -2.35. The Hall–Kier alpha value is -2.88. The molecule has 1 saturated heterocycles. The number of hydrogen-bond acceptors (Lipinski definition) is 4. The minimum absolute atomic E-state index is 0.0375. The van der Waals surface area contributed by atoms with Crippen molar-refractivity contribution in [1.29, 1.82) is 0 Å². The number of hydrazine groups is 1. The van der Waals surface area contributed by atoms with Crippen molar-refractivity contribution in [3.8, 4) is 5.75 Å². The first kappa shape index (κ1) is 17.9. The van der Waals surface area contributed by atoms with E-state index in [4.69, 9.17) is 10.5 Å². The fourth-order valence-corrected chi connectivity index (χ4v) is 3.05. The lowest BCUT2D eigenvalue weighted by Gasteiger charge is -2.13. The fraction of sp³-hybridized carbons (Fsp3) is 0.0556. The summed E-state index contributed by atoms with van der Waals surface area (Å²) >= 11 is 2.04. The van der Waals surface area contributed by atoms with Crippen molar-refractivity contribution in [2.45, 2.75) is 0 Å². The Morgan fingerprint density at radius 3 is 2.58 bits per heavy atom. The molecule has 3 rings (SSSR count). The number of nitrogens with zero attached hydrogens (tertiary/aromatic N) is 1. The van der Waals surface area contributed by atoms with Crippen LogP contribution in [0.3, 0.4) is 0 Å². The number of halogens is 1. The Bertz CT molecular complexity index is 912. The van der Waals surface area contributed by atoms with Crippen molar-refractivity contribution in [1.82, 2.24) is 5.43 Å². The van der Waals surface area contributed by atoms with Gasteiger partial charge in [0, 0.05) is 0 Å². The average molecular weight is 463 g/mol. The highest BCUT2D eigenvalue weighted by Crippen LogP contribution is 2.25.